The third kappa shape index (κ3) is 4.74. The van der Waals surface area contributed by atoms with Crippen molar-refractivity contribution in [1.82, 2.24) is 5.43 Å². The van der Waals surface area contributed by atoms with Crippen molar-refractivity contribution in [3.8, 4) is 11.5 Å². The van der Waals surface area contributed by atoms with Crippen molar-refractivity contribution >= 4 is 17.8 Å². The number of aromatic hydroxyl groups is 1. The van der Waals surface area contributed by atoms with Crippen molar-refractivity contribution in [1.29, 1.82) is 0 Å². The first kappa shape index (κ1) is 17.3. The highest BCUT2D eigenvalue weighted by Crippen LogP contribution is 2.20. The molecule has 1 amide bonds. The van der Waals surface area contributed by atoms with E-state index in [2.05, 4.69) is 15.8 Å². The van der Waals surface area contributed by atoms with Crippen molar-refractivity contribution in [2.24, 2.45) is 5.10 Å². The summed E-state index contributed by atoms with van der Waals surface area (Å²) in [6, 6.07) is 12.1. The number of rotatable bonds is 6. The van der Waals surface area contributed by atoms with Crippen LogP contribution in [-0.4, -0.2) is 30.4 Å². The summed E-state index contributed by atoms with van der Waals surface area (Å²) in [6.07, 6.45) is 1.37. The fourth-order valence-electron chi connectivity index (χ4n) is 2.08. The number of phenols is 1. The van der Waals surface area contributed by atoms with E-state index in [0.29, 0.717) is 11.3 Å². The second-order valence-electron chi connectivity index (χ2n) is 5.39. The maximum atomic E-state index is 12.1. The van der Waals surface area contributed by atoms with E-state index in [0.717, 1.165) is 11.3 Å². The van der Waals surface area contributed by atoms with Crippen LogP contribution in [0.15, 0.2) is 47.6 Å². The number of aryl methyl sites for hydroxylation is 1. The molecule has 2 aromatic carbocycles. The van der Waals surface area contributed by atoms with Crippen LogP contribution in [0, 0.1) is 6.92 Å². The monoisotopic (exact) mass is 327 g/mol. The molecule has 0 aliphatic carbocycles. The zero-order chi connectivity index (χ0) is 17.5. The lowest BCUT2D eigenvalue weighted by Crippen LogP contribution is -2.34. The standard InChI is InChI=1S/C18H21N3O3/c1-12-5-4-6-15(9-12)20-13(2)18(23)21-19-11-14-10-16(24-3)7-8-17(14)22/h4-11,13,20,22H,1-3H3,(H,21,23)/b19-11+/t13-/m1/s1. The number of phenolic OH excluding ortho intramolecular Hbond substituents is 1. The SMILES string of the molecule is COc1ccc(O)c(/C=N/NC(=O)[C@@H](C)Nc2cccc(C)c2)c1. The number of hydrazone groups is 1. The maximum absolute atomic E-state index is 12.1. The van der Waals surface area contributed by atoms with Gasteiger partial charge in [-0.25, -0.2) is 5.43 Å². The molecular weight excluding hydrogens is 306 g/mol. The number of nitrogens with one attached hydrogen (secondary N) is 2. The van der Waals surface area contributed by atoms with Crippen LogP contribution in [0.1, 0.15) is 18.1 Å². The van der Waals surface area contributed by atoms with E-state index in [4.69, 9.17) is 4.74 Å². The quantitative estimate of drug-likeness (QED) is 0.563. The van der Waals surface area contributed by atoms with Crippen molar-refractivity contribution in [2.45, 2.75) is 19.9 Å². The molecule has 0 heterocycles. The van der Waals surface area contributed by atoms with Crippen LogP contribution in [0.2, 0.25) is 0 Å². The van der Waals surface area contributed by atoms with Gasteiger partial charge in [-0.05, 0) is 49.7 Å². The Morgan fingerprint density at radius 2 is 2.08 bits per heavy atom. The summed E-state index contributed by atoms with van der Waals surface area (Å²) >= 11 is 0. The fraction of sp³-hybridized carbons (Fsp3) is 0.222. The van der Waals surface area contributed by atoms with Crippen molar-refractivity contribution < 1.29 is 14.6 Å². The number of amides is 1. The molecule has 0 radical (unpaired) electrons. The maximum Gasteiger partial charge on any atom is 0.262 e. The van der Waals surface area contributed by atoms with Gasteiger partial charge in [0.1, 0.15) is 17.5 Å². The second-order valence-corrected chi connectivity index (χ2v) is 5.39. The first-order valence-corrected chi connectivity index (χ1v) is 7.52. The number of benzene rings is 2. The van der Waals surface area contributed by atoms with E-state index in [1.165, 1.54) is 19.4 Å². The molecule has 0 aliphatic heterocycles. The van der Waals surface area contributed by atoms with Gasteiger partial charge in [-0.15, -0.1) is 0 Å². The Bertz CT molecular complexity index is 744. The first-order chi connectivity index (χ1) is 11.5. The predicted molar refractivity (Wildman–Crippen MR) is 94.7 cm³/mol. The number of nitrogens with zero attached hydrogens (tertiary/aromatic N) is 1. The Labute approximate surface area is 141 Å². The molecule has 3 N–H and O–H groups in total. The number of carbonyl (C=O) groups excluding carboxylic acids is 1. The van der Waals surface area contributed by atoms with Gasteiger partial charge in [-0.2, -0.15) is 5.10 Å². The van der Waals surface area contributed by atoms with E-state index in [9.17, 15) is 9.90 Å². The summed E-state index contributed by atoms with van der Waals surface area (Å²) in [5.74, 6) is 0.366. The van der Waals surface area contributed by atoms with Crippen LogP contribution in [0.3, 0.4) is 0 Å². The van der Waals surface area contributed by atoms with Gasteiger partial charge in [0.2, 0.25) is 0 Å². The van der Waals surface area contributed by atoms with Crippen LogP contribution in [0.4, 0.5) is 5.69 Å². The van der Waals surface area contributed by atoms with Gasteiger partial charge >= 0.3 is 0 Å². The molecule has 126 valence electrons. The molecule has 0 unspecified atom stereocenters. The third-order valence-corrected chi connectivity index (χ3v) is 3.41. The topological polar surface area (TPSA) is 83.0 Å². The molecule has 0 bridgehead atoms. The minimum absolute atomic E-state index is 0.0553. The number of ether oxygens (including phenoxy) is 1. The molecule has 24 heavy (non-hydrogen) atoms. The Balaban J connectivity index is 1.94. The summed E-state index contributed by atoms with van der Waals surface area (Å²) in [4.78, 5) is 12.1. The Morgan fingerprint density at radius 1 is 1.29 bits per heavy atom. The average Bonchev–Trinajstić information content (AvgIpc) is 2.56. The Hall–Kier alpha value is -3.02. The second kappa shape index (κ2) is 8.01. The van der Waals surface area contributed by atoms with Gasteiger partial charge in [0.05, 0.1) is 13.3 Å². The van der Waals surface area contributed by atoms with Gasteiger partial charge < -0.3 is 15.2 Å². The van der Waals surface area contributed by atoms with Gasteiger partial charge in [0, 0.05) is 11.3 Å². The van der Waals surface area contributed by atoms with Gasteiger partial charge in [0.15, 0.2) is 0 Å². The third-order valence-electron chi connectivity index (χ3n) is 3.41. The van der Waals surface area contributed by atoms with Crippen LogP contribution in [0.5, 0.6) is 11.5 Å². The van der Waals surface area contributed by atoms with Gasteiger partial charge in [0.25, 0.3) is 5.91 Å². The van der Waals surface area contributed by atoms with Crippen LogP contribution < -0.4 is 15.5 Å². The van der Waals surface area contributed by atoms with Crippen molar-refractivity contribution in [3.05, 3.63) is 53.6 Å². The smallest absolute Gasteiger partial charge is 0.262 e. The zero-order valence-corrected chi connectivity index (χ0v) is 13.9. The van der Waals surface area contributed by atoms with E-state index in [-0.39, 0.29) is 11.7 Å². The van der Waals surface area contributed by atoms with E-state index in [1.807, 2.05) is 31.2 Å². The number of carbonyl (C=O) groups is 1. The van der Waals surface area contributed by atoms with Gasteiger partial charge in [-0.3, -0.25) is 4.79 Å². The molecule has 0 spiro atoms. The average molecular weight is 327 g/mol. The predicted octanol–water partition coefficient (Wildman–Crippen LogP) is 2.66. The minimum atomic E-state index is -0.456. The number of hydrogen-bond acceptors (Lipinski definition) is 5. The highest BCUT2D eigenvalue weighted by Gasteiger charge is 2.11. The van der Waals surface area contributed by atoms with Crippen LogP contribution >= 0.6 is 0 Å². The zero-order valence-electron chi connectivity index (χ0n) is 13.9. The minimum Gasteiger partial charge on any atom is -0.507 e. The molecule has 0 fully saturated rings. The van der Waals surface area contributed by atoms with Gasteiger partial charge in [-0.1, -0.05) is 12.1 Å². The van der Waals surface area contributed by atoms with Crippen LogP contribution in [-0.2, 0) is 4.79 Å². The van der Waals surface area contributed by atoms with Crippen molar-refractivity contribution in [2.75, 3.05) is 12.4 Å². The lowest BCUT2D eigenvalue weighted by molar-refractivity contribution is -0.121. The summed E-state index contributed by atoms with van der Waals surface area (Å²) in [5, 5.41) is 16.7. The molecule has 6 nitrogen and oxygen atoms in total. The Morgan fingerprint density at radius 3 is 2.79 bits per heavy atom. The highest BCUT2D eigenvalue weighted by atomic mass is 16.5. The van der Waals surface area contributed by atoms with E-state index in [1.54, 1.807) is 19.1 Å². The Kier molecular flexibility index (Phi) is 5.78. The first-order valence-electron chi connectivity index (χ1n) is 7.52. The summed E-state index contributed by atoms with van der Waals surface area (Å²) in [6.45, 7) is 3.73. The molecule has 2 aromatic rings. The van der Waals surface area contributed by atoms with Crippen molar-refractivity contribution in [3.63, 3.8) is 0 Å². The van der Waals surface area contributed by atoms with E-state index < -0.39 is 6.04 Å². The molecule has 1 atom stereocenters. The summed E-state index contributed by atoms with van der Waals surface area (Å²) in [7, 11) is 1.54. The number of hydrogen-bond donors (Lipinski definition) is 3. The highest BCUT2D eigenvalue weighted by molar-refractivity contribution is 5.88. The number of methoxy groups -OCH3 is 1. The number of anilines is 1. The van der Waals surface area contributed by atoms with Crippen LogP contribution in [0.25, 0.3) is 0 Å². The fourth-order valence-corrected chi connectivity index (χ4v) is 2.08. The molecule has 0 saturated heterocycles. The molecule has 2 rings (SSSR count). The molecule has 0 aromatic heterocycles. The summed E-state index contributed by atoms with van der Waals surface area (Å²) in [5.41, 5.74) is 4.88. The molecule has 6 heteroatoms. The lowest BCUT2D eigenvalue weighted by atomic mass is 10.2. The largest absolute Gasteiger partial charge is 0.507 e. The van der Waals surface area contributed by atoms with E-state index >= 15 is 0 Å². The molecule has 0 aliphatic rings. The summed E-state index contributed by atoms with van der Waals surface area (Å²) < 4.78 is 5.08. The lowest BCUT2D eigenvalue weighted by Gasteiger charge is -2.13. The normalized spacial score (nSPS) is 12.0. The molecule has 0 saturated carbocycles. The molecular formula is C18H21N3O3.